The molecule has 1 atom stereocenters. The number of carbonyl (C=O) groups excluding carboxylic acids is 1. The van der Waals surface area contributed by atoms with Crippen LogP contribution in [0.1, 0.15) is 24.1 Å². The predicted molar refractivity (Wildman–Crippen MR) is 105 cm³/mol. The third-order valence-electron chi connectivity index (χ3n) is 4.26. The number of aliphatic imine (C=N–C) groups is 1. The third kappa shape index (κ3) is 5.79. The Morgan fingerprint density at radius 3 is 2.85 bits per heavy atom. The Bertz CT molecular complexity index is 773. The Balaban J connectivity index is 1.50. The molecule has 1 unspecified atom stereocenters. The van der Waals surface area contributed by atoms with Crippen LogP contribution in [0.5, 0.6) is 0 Å². The summed E-state index contributed by atoms with van der Waals surface area (Å²) in [5, 5.41) is 9.42. The maximum atomic E-state index is 12.2. The molecule has 2 aromatic rings. The van der Waals surface area contributed by atoms with Crippen molar-refractivity contribution < 1.29 is 9.53 Å². The summed E-state index contributed by atoms with van der Waals surface area (Å²) in [5.74, 6) is 0.611. The molecule has 27 heavy (non-hydrogen) atoms. The van der Waals surface area contributed by atoms with Crippen molar-refractivity contribution in [2.75, 3.05) is 19.0 Å². The zero-order valence-electron chi connectivity index (χ0n) is 15.4. The highest BCUT2D eigenvalue weighted by Crippen LogP contribution is 2.16. The number of nitrogens with zero attached hydrogens (tertiary/aromatic N) is 2. The standard InChI is InChI=1S/C20H25N5O2/c1-21-20(24-14-17-7-2-3-10-22-17)23-13-15-6-4-8-16(12-15)25-19(26)18-9-5-11-27-18/h2-4,6-8,10,12,18H,5,9,11,13-14H2,1H3,(H,25,26)(H2,21,23,24). The molecule has 1 amide bonds. The molecule has 0 radical (unpaired) electrons. The molecule has 1 fully saturated rings. The first-order chi connectivity index (χ1) is 13.2. The van der Waals surface area contributed by atoms with Crippen molar-refractivity contribution in [3.63, 3.8) is 0 Å². The number of aromatic nitrogens is 1. The maximum Gasteiger partial charge on any atom is 0.253 e. The molecule has 1 aliphatic heterocycles. The number of hydrogen-bond donors (Lipinski definition) is 3. The van der Waals surface area contributed by atoms with E-state index >= 15 is 0 Å². The molecule has 0 saturated carbocycles. The third-order valence-corrected chi connectivity index (χ3v) is 4.26. The molecular weight excluding hydrogens is 342 g/mol. The Hall–Kier alpha value is -2.93. The van der Waals surface area contributed by atoms with E-state index in [0.717, 1.165) is 29.8 Å². The second-order valence-electron chi connectivity index (χ2n) is 6.29. The number of carbonyl (C=O) groups is 1. The van der Waals surface area contributed by atoms with Crippen LogP contribution in [0.2, 0.25) is 0 Å². The molecule has 3 N–H and O–H groups in total. The predicted octanol–water partition coefficient (Wildman–Crippen LogP) is 2.06. The lowest BCUT2D eigenvalue weighted by molar-refractivity contribution is -0.124. The van der Waals surface area contributed by atoms with E-state index in [4.69, 9.17) is 4.74 Å². The number of amides is 1. The van der Waals surface area contributed by atoms with E-state index in [1.165, 1.54) is 0 Å². The van der Waals surface area contributed by atoms with E-state index in [1.807, 2.05) is 42.5 Å². The molecular formula is C20H25N5O2. The number of rotatable bonds is 6. The van der Waals surface area contributed by atoms with Gasteiger partial charge in [-0.2, -0.15) is 0 Å². The summed E-state index contributed by atoms with van der Waals surface area (Å²) < 4.78 is 5.42. The van der Waals surface area contributed by atoms with Crippen molar-refractivity contribution in [3.05, 3.63) is 59.9 Å². The molecule has 2 heterocycles. The highest BCUT2D eigenvalue weighted by molar-refractivity contribution is 5.94. The summed E-state index contributed by atoms with van der Waals surface area (Å²) in [7, 11) is 1.73. The van der Waals surface area contributed by atoms with Crippen molar-refractivity contribution in [2.24, 2.45) is 4.99 Å². The molecule has 7 heteroatoms. The Kier molecular flexibility index (Phi) is 6.76. The maximum absolute atomic E-state index is 12.2. The summed E-state index contributed by atoms with van der Waals surface area (Å²) in [6.07, 6.45) is 3.16. The van der Waals surface area contributed by atoms with Crippen molar-refractivity contribution in [1.29, 1.82) is 0 Å². The van der Waals surface area contributed by atoms with Crippen LogP contribution in [0, 0.1) is 0 Å². The second-order valence-corrected chi connectivity index (χ2v) is 6.29. The number of anilines is 1. The summed E-state index contributed by atoms with van der Waals surface area (Å²) in [4.78, 5) is 20.7. The SMILES string of the molecule is CN=C(NCc1cccc(NC(=O)C2CCCO2)c1)NCc1ccccn1. The number of nitrogens with one attached hydrogen (secondary N) is 3. The van der Waals surface area contributed by atoms with E-state index in [-0.39, 0.29) is 12.0 Å². The number of guanidine groups is 1. The van der Waals surface area contributed by atoms with E-state index in [1.54, 1.807) is 13.2 Å². The quantitative estimate of drug-likeness (QED) is 0.537. The minimum atomic E-state index is -0.332. The second kappa shape index (κ2) is 9.68. The van der Waals surface area contributed by atoms with Gasteiger partial charge in [0.1, 0.15) is 6.10 Å². The van der Waals surface area contributed by atoms with Crippen LogP contribution in [-0.2, 0) is 22.6 Å². The summed E-state index contributed by atoms with van der Waals surface area (Å²) in [5.41, 5.74) is 2.76. The van der Waals surface area contributed by atoms with Gasteiger partial charge < -0.3 is 20.7 Å². The van der Waals surface area contributed by atoms with Crippen LogP contribution < -0.4 is 16.0 Å². The van der Waals surface area contributed by atoms with Crippen molar-refractivity contribution in [2.45, 2.75) is 32.0 Å². The largest absolute Gasteiger partial charge is 0.368 e. The van der Waals surface area contributed by atoms with Gasteiger partial charge in [-0.25, -0.2) is 0 Å². The van der Waals surface area contributed by atoms with E-state index in [9.17, 15) is 4.79 Å². The highest BCUT2D eigenvalue weighted by atomic mass is 16.5. The van der Waals surface area contributed by atoms with Crippen LogP contribution >= 0.6 is 0 Å². The number of ether oxygens (including phenoxy) is 1. The Morgan fingerprint density at radius 2 is 2.11 bits per heavy atom. The van der Waals surface area contributed by atoms with Gasteiger partial charge in [0.25, 0.3) is 5.91 Å². The Morgan fingerprint density at radius 1 is 1.22 bits per heavy atom. The monoisotopic (exact) mass is 367 g/mol. The van der Waals surface area contributed by atoms with Crippen LogP contribution in [0.15, 0.2) is 53.7 Å². The van der Waals surface area contributed by atoms with Crippen LogP contribution in [0.4, 0.5) is 5.69 Å². The normalized spacial score (nSPS) is 16.8. The topological polar surface area (TPSA) is 87.6 Å². The van der Waals surface area contributed by atoms with Crippen LogP contribution in [0.3, 0.4) is 0 Å². The lowest BCUT2D eigenvalue weighted by Crippen LogP contribution is -2.36. The van der Waals surface area contributed by atoms with Gasteiger partial charge in [0.15, 0.2) is 5.96 Å². The minimum Gasteiger partial charge on any atom is -0.368 e. The fourth-order valence-corrected chi connectivity index (χ4v) is 2.85. The first-order valence-electron chi connectivity index (χ1n) is 9.10. The van der Waals surface area contributed by atoms with Gasteiger partial charge in [0.05, 0.1) is 12.2 Å². The zero-order chi connectivity index (χ0) is 18.9. The van der Waals surface area contributed by atoms with E-state index in [2.05, 4.69) is 25.9 Å². The van der Waals surface area contributed by atoms with Crippen molar-refractivity contribution in [1.82, 2.24) is 15.6 Å². The van der Waals surface area contributed by atoms with Gasteiger partial charge in [0, 0.05) is 32.1 Å². The molecule has 1 aromatic carbocycles. The molecule has 0 bridgehead atoms. The number of benzene rings is 1. The molecule has 0 aliphatic carbocycles. The molecule has 1 saturated heterocycles. The average molecular weight is 367 g/mol. The molecule has 142 valence electrons. The number of pyridine rings is 1. The van der Waals surface area contributed by atoms with Gasteiger partial charge in [0.2, 0.25) is 0 Å². The molecule has 7 nitrogen and oxygen atoms in total. The zero-order valence-corrected chi connectivity index (χ0v) is 15.4. The first kappa shape index (κ1) is 18.8. The average Bonchev–Trinajstić information content (AvgIpc) is 3.24. The molecule has 3 rings (SSSR count). The fraction of sp³-hybridized carbons (Fsp3) is 0.350. The van der Waals surface area contributed by atoms with Gasteiger partial charge in [-0.05, 0) is 42.7 Å². The van der Waals surface area contributed by atoms with Crippen LogP contribution in [0.25, 0.3) is 0 Å². The van der Waals surface area contributed by atoms with Gasteiger partial charge in [-0.3, -0.25) is 14.8 Å². The van der Waals surface area contributed by atoms with Crippen molar-refractivity contribution in [3.8, 4) is 0 Å². The lowest BCUT2D eigenvalue weighted by Gasteiger charge is -2.13. The summed E-state index contributed by atoms with van der Waals surface area (Å²) >= 11 is 0. The van der Waals surface area contributed by atoms with Gasteiger partial charge in [-0.1, -0.05) is 18.2 Å². The molecule has 1 aliphatic rings. The summed E-state index contributed by atoms with van der Waals surface area (Å²) in [6.45, 7) is 1.84. The first-order valence-corrected chi connectivity index (χ1v) is 9.10. The minimum absolute atomic E-state index is 0.0783. The Labute approximate surface area is 159 Å². The van der Waals surface area contributed by atoms with Gasteiger partial charge in [-0.15, -0.1) is 0 Å². The smallest absolute Gasteiger partial charge is 0.253 e. The van der Waals surface area contributed by atoms with E-state index < -0.39 is 0 Å². The van der Waals surface area contributed by atoms with Gasteiger partial charge >= 0.3 is 0 Å². The number of hydrogen-bond acceptors (Lipinski definition) is 4. The fourth-order valence-electron chi connectivity index (χ4n) is 2.85. The van der Waals surface area contributed by atoms with Crippen LogP contribution in [-0.4, -0.2) is 36.6 Å². The summed E-state index contributed by atoms with van der Waals surface area (Å²) in [6, 6.07) is 13.6. The highest BCUT2D eigenvalue weighted by Gasteiger charge is 2.23. The van der Waals surface area contributed by atoms with E-state index in [0.29, 0.717) is 25.7 Å². The molecule has 0 spiro atoms. The molecule has 1 aromatic heterocycles. The van der Waals surface area contributed by atoms with Crippen molar-refractivity contribution >= 4 is 17.6 Å². The lowest BCUT2D eigenvalue weighted by atomic mass is 10.2.